The van der Waals surface area contributed by atoms with E-state index in [0.29, 0.717) is 95.9 Å². The summed E-state index contributed by atoms with van der Waals surface area (Å²) in [6.07, 6.45) is 49.8. The third kappa shape index (κ3) is 45.3. The molecule has 5 rings (SSSR count). The number of carbonyl (C=O) groups excluding carboxylic acids is 8. The second-order valence-electron chi connectivity index (χ2n) is 35.4. The summed E-state index contributed by atoms with van der Waals surface area (Å²) in [6.45, 7) is 37.1. The molecule has 8 amide bonds. The highest BCUT2D eigenvalue weighted by Gasteiger charge is 2.37. The first-order valence-corrected chi connectivity index (χ1v) is 51.2. The fourth-order valence-corrected chi connectivity index (χ4v) is 17.2. The van der Waals surface area contributed by atoms with Gasteiger partial charge in [0.2, 0.25) is 0 Å². The van der Waals surface area contributed by atoms with Crippen molar-refractivity contribution in [2.45, 2.75) is 308 Å². The number of nitrogens with one attached hydrogen (secondary N) is 8. The molecular formula is C112H168N8O16. The van der Waals surface area contributed by atoms with E-state index in [1.165, 1.54) is 0 Å². The molecule has 0 unspecified atom stereocenters. The van der Waals surface area contributed by atoms with Crippen LogP contribution in [0.2, 0.25) is 0 Å². The number of rotatable bonds is 80. The van der Waals surface area contributed by atoms with Gasteiger partial charge in [0.15, 0.2) is 52.9 Å². The Morgan fingerprint density at radius 1 is 0.199 bits per heavy atom. The van der Waals surface area contributed by atoms with Crippen LogP contribution >= 0.6 is 0 Å². The Kier molecular flexibility index (Phi) is 61.4. The van der Waals surface area contributed by atoms with Crippen molar-refractivity contribution in [3.05, 3.63) is 194 Å². The highest BCUT2D eigenvalue weighted by Crippen LogP contribution is 2.54. The molecule has 4 aromatic rings. The number of hydrogen-bond donors (Lipinski definition) is 8. The fraction of sp³-hybridized carbons (Fsp3) is 0.571. The smallest absolute Gasteiger partial charge is 0.258 e. The molecule has 0 aromatic heterocycles. The Balaban J connectivity index is 2.38. The second kappa shape index (κ2) is 72.3. The summed E-state index contributed by atoms with van der Waals surface area (Å²) in [4.78, 5) is 116. The van der Waals surface area contributed by atoms with Crippen LogP contribution in [0.4, 0.5) is 0 Å². The third-order valence-electron chi connectivity index (χ3n) is 24.4. The topological polar surface area (TPSA) is 307 Å². The van der Waals surface area contributed by atoms with Gasteiger partial charge in [0, 0.05) is 145 Å². The molecule has 0 aliphatic heterocycles. The summed E-state index contributed by atoms with van der Waals surface area (Å²) in [5.74, 6) is -5.24. The van der Waals surface area contributed by atoms with Crippen LogP contribution in [0, 0.1) is 0 Å². The Labute approximate surface area is 815 Å². The van der Waals surface area contributed by atoms with Gasteiger partial charge in [0.1, 0.15) is 46.0 Å². The second-order valence-corrected chi connectivity index (χ2v) is 35.4. The molecule has 0 heterocycles. The van der Waals surface area contributed by atoms with Crippen LogP contribution in [0.1, 0.15) is 353 Å². The number of hydrogen-bond acceptors (Lipinski definition) is 16. The normalized spacial score (nSPS) is 13.5. The van der Waals surface area contributed by atoms with Crippen LogP contribution in [-0.2, 0) is 38.4 Å². The van der Waals surface area contributed by atoms with Crippen molar-refractivity contribution in [2.75, 3.05) is 105 Å². The van der Waals surface area contributed by atoms with E-state index in [1.54, 1.807) is 72.9 Å². The van der Waals surface area contributed by atoms with Crippen LogP contribution in [0.15, 0.2) is 150 Å². The summed E-state index contributed by atoms with van der Waals surface area (Å²) in [7, 11) is 0. The zero-order chi connectivity index (χ0) is 98.4. The van der Waals surface area contributed by atoms with Gasteiger partial charge in [-0.2, -0.15) is 0 Å². The van der Waals surface area contributed by atoms with Crippen molar-refractivity contribution in [3.8, 4) is 46.0 Å². The van der Waals surface area contributed by atoms with E-state index in [4.69, 9.17) is 37.9 Å². The highest BCUT2D eigenvalue weighted by molar-refractivity contribution is 5.82. The summed E-state index contributed by atoms with van der Waals surface area (Å²) in [5.41, 5.74) is 4.51. The van der Waals surface area contributed by atoms with Gasteiger partial charge in [0.25, 0.3) is 47.3 Å². The quantitative estimate of drug-likeness (QED) is 0.0150. The Hall–Kier alpha value is -11.0. The van der Waals surface area contributed by atoms with Crippen molar-refractivity contribution in [1.82, 2.24) is 42.5 Å². The fourth-order valence-electron chi connectivity index (χ4n) is 17.2. The third-order valence-corrected chi connectivity index (χ3v) is 24.4. The SMILES string of the molecule is C=CCNC(=O)COc1cc(OCC(=O)NCC=C)c2cc1C(CCCCCCCCCCC)c1cc(c(OCC(=O)NCC=C)cc1OCC(=O)NCC=C)C(CCCCCCCCCCC)c1cc(c(OCC(=O)NCC=C)cc1OCC(=O)NCC=C)C(CCCCCCCCCCC)c1cc(c(OCC(=O)NCC=C)cc1OCC(=O)NCC=C)C2CCCCCCCCCCC. The van der Waals surface area contributed by atoms with Gasteiger partial charge in [-0.05, 0) is 49.9 Å². The number of amides is 8. The maximum atomic E-state index is 14.5. The Morgan fingerprint density at radius 2 is 0.316 bits per heavy atom. The van der Waals surface area contributed by atoms with E-state index >= 15 is 0 Å². The van der Waals surface area contributed by atoms with Gasteiger partial charge in [-0.15, -0.1) is 52.6 Å². The Morgan fingerprint density at radius 3 is 0.434 bits per heavy atom. The van der Waals surface area contributed by atoms with Crippen molar-refractivity contribution < 1.29 is 76.3 Å². The maximum absolute atomic E-state index is 14.5. The lowest BCUT2D eigenvalue weighted by Gasteiger charge is -2.32. The van der Waals surface area contributed by atoms with Gasteiger partial charge >= 0.3 is 0 Å². The molecule has 8 bridgehead atoms. The van der Waals surface area contributed by atoms with E-state index in [-0.39, 0.29) is 98.4 Å². The zero-order valence-electron chi connectivity index (χ0n) is 83.3. The minimum atomic E-state index is -0.810. The van der Waals surface area contributed by atoms with E-state index in [0.717, 1.165) is 205 Å². The lowest BCUT2D eigenvalue weighted by molar-refractivity contribution is -0.123. The molecule has 0 spiro atoms. The van der Waals surface area contributed by atoms with Crippen molar-refractivity contribution in [1.29, 1.82) is 0 Å². The summed E-state index contributed by atoms with van der Waals surface area (Å²) >= 11 is 0. The summed E-state index contributed by atoms with van der Waals surface area (Å²) < 4.78 is 56.7. The number of fused-ring (bicyclic) bond motifs is 8. The zero-order valence-corrected chi connectivity index (χ0v) is 83.3. The van der Waals surface area contributed by atoms with E-state index < -0.39 is 124 Å². The molecule has 24 nitrogen and oxygen atoms in total. The van der Waals surface area contributed by atoms with Gasteiger partial charge in [-0.3, -0.25) is 38.4 Å². The van der Waals surface area contributed by atoms with Crippen molar-refractivity contribution >= 4 is 47.3 Å². The number of carbonyl (C=O) groups is 8. The molecule has 136 heavy (non-hydrogen) atoms. The maximum Gasteiger partial charge on any atom is 0.258 e. The monoisotopic (exact) mass is 1880 g/mol. The predicted molar refractivity (Wildman–Crippen MR) is 550 cm³/mol. The molecule has 0 saturated carbocycles. The summed E-state index contributed by atoms with van der Waals surface area (Å²) in [6, 6.07) is 15.3. The van der Waals surface area contributed by atoms with Crippen LogP contribution in [0.3, 0.4) is 0 Å². The standard InChI is InChI=1S/C112H168N8O16/c1-13-25-29-33-37-41-45-49-53-57-85-89-69-91(99(131-79-107(123)115-63-19-7)73-97(89)129-77-105(121)113-61-17-5)86(58-54-50-46-42-38-34-30-26-14-2)93-71-95(103(135-83-111(127)119-67-23-11)75-101(93)133-81-109(125)117-65-21-9)88(60-56-52-48-44-40-36-32-28-16-4)96-72-94(102(134-82-110(126)118-66-22-10)76-104(96)136-84-112(128)120-68-24-12)87(59-55-51-47-43-39-35-31-27-15-3)92-70-90(85)98(130-78-106(122)114-62-18-6)74-100(92)132-80-108(124)116-64-20-8/h17-24,69-76,85-88H,5-16,25-68,77-84H2,1-4H3,(H,113,121)(H,114,122)(H,115,123)(H,116,124)(H,117,125)(H,118,126)(H,119,127)(H,120,128). The van der Waals surface area contributed by atoms with Gasteiger partial charge in [0.05, 0.1) is 0 Å². The average molecular weight is 1880 g/mol. The predicted octanol–water partition coefficient (Wildman–Crippen LogP) is 21.7. The first kappa shape index (κ1) is 115. The number of benzene rings is 4. The highest BCUT2D eigenvalue weighted by atomic mass is 16.5. The lowest BCUT2D eigenvalue weighted by Crippen LogP contribution is -2.30. The molecule has 8 N–H and O–H groups in total. The average Bonchev–Trinajstić information content (AvgIpc) is 0.743. The molecule has 1 aliphatic carbocycles. The van der Waals surface area contributed by atoms with Crippen LogP contribution in [-0.4, -0.2) is 152 Å². The lowest BCUT2D eigenvalue weighted by atomic mass is 9.76. The van der Waals surface area contributed by atoms with Gasteiger partial charge < -0.3 is 80.4 Å². The number of unbranched alkanes of at least 4 members (excludes halogenated alkanes) is 32. The molecule has 752 valence electrons. The van der Waals surface area contributed by atoms with Crippen LogP contribution in [0.25, 0.3) is 0 Å². The first-order valence-electron chi connectivity index (χ1n) is 51.2. The van der Waals surface area contributed by atoms with Crippen LogP contribution < -0.4 is 80.4 Å². The van der Waals surface area contributed by atoms with Crippen LogP contribution in [0.5, 0.6) is 46.0 Å². The van der Waals surface area contributed by atoms with Gasteiger partial charge in [-0.25, -0.2) is 0 Å². The molecule has 24 heteroatoms. The van der Waals surface area contributed by atoms with E-state index in [1.807, 2.05) is 0 Å². The molecule has 0 atom stereocenters. The van der Waals surface area contributed by atoms with Gasteiger partial charge in [-0.1, -0.05) is 307 Å². The first-order chi connectivity index (χ1) is 66.4. The number of ether oxygens (including phenoxy) is 8. The van der Waals surface area contributed by atoms with Crippen molar-refractivity contribution in [2.24, 2.45) is 0 Å². The van der Waals surface area contributed by atoms with E-state index in [2.05, 4.69) is 147 Å². The Bertz CT molecular complexity index is 3550. The minimum absolute atomic E-state index is 0.132. The molecule has 0 saturated heterocycles. The summed E-state index contributed by atoms with van der Waals surface area (Å²) in [5, 5.41) is 23.3. The minimum Gasteiger partial charge on any atom is -0.483 e. The molecule has 1 aliphatic rings. The van der Waals surface area contributed by atoms with Crippen molar-refractivity contribution in [3.63, 3.8) is 0 Å². The largest absolute Gasteiger partial charge is 0.483 e. The molecule has 0 radical (unpaired) electrons. The van der Waals surface area contributed by atoms with E-state index in [9.17, 15) is 38.4 Å². The molecule has 0 fully saturated rings. The molecular weight excluding hydrogens is 1710 g/mol. The molecule has 4 aromatic carbocycles.